The lowest BCUT2D eigenvalue weighted by Gasteiger charge is -2.33. The molecule has 1 aliphatic rings. The molecule has 2 aromatic rings. The minimum Gasteiger partial charge on any atom is -0.382 e. The second-order valence-electron chi connectivity index (χ2n) is 5.25. The van der Waals surface area contributed by atoms with Crippen LogP contribution in [-0.4, -0.2) is 10.2 Å². The summed E-state index contributed by atoms with van der Waals surface area (Å²) >= 11 is 0. The van der Waals surface area contributed by atoms with Gasteiger partial charge in [-0.15, -0.1) is 10.2 Å². The van der Waals surface area contributed by atoms with Crippen molar-refractivity contribution >= 4 is 5.82 Å². The van der Waals surface area contributed by atoms with E-state index in [9.17, 15) is 0 Å². The largest absolute Gasteiger partial charge is 0.382 e. The van der Waals surface area contributed by atoms with E-state index in [1.807, 2.05) is 12.1 Å². The van der Waals surface area contributed by atoms with Gasteiger partial charge in [-0.25, -0.2) is 0 Å². The zero-order chi connectivity index (χ0) is 12.0. The van der Waals surface area contributed by atoms with E-state index < -0.39 is 0 Å². The Morgan fingerprint density at radius 3 is 2.76 bits per heavy atom. The second-order valence-corrected chi connectivity index (χ2v) is 5.25. The number of nitrogen functional groups attached to an aromatic ring is 1. The minimum absolute atomic E-state index is 0.124. The van der Waals surface area contributed by atoms with Crippen LogP contribution in [0.1, 0.15) is 25.0 Å². The lowest BCUT2D eigenvalue weighted by atomic mass is 9.72. The van der Waals surface area contributed by atoms with Crippen LogP contribution < -0.4 is 5.73 Å². The molecular weight excluding hydrogens is 210 g/mol. The van der Waals surface area contributed by atoms with Gasteiger partial charge >= 0.3 is 0 Å². The molecule has 1 heterocycles. The Morgan fingerprint density at radius 2 is 1.94 bits per heavy atom. The third kappa shape index (κ3) is 1.50. The molecule has 0 unspecified atom stereocenters. The Hall–Kier alpha value is -1.90. The fourth-order valence-corrected chi connectivity index (χ4v) is 2.66. The second kappa shape index (κ2) is 3.29. The monoisotopic (exact) mass is 225 g/mol. The summed E-state index contributed by atoms with van der Waals surface area (Å²) in [6.07, 6.45) is 0.957. The van der Waals surface area contributed by atoms with Crippen LogP contribution in [0.2, 0.25) is 0 Å². The SMILES string of the molecule is CC1(C)Cc2cc(N)nnc2-c2ccccc21. The van der Waals surface area contributed by atoms with E-state index in [1.54, 1.807) is 0 Å². The summed E-state index contributed by atoms with van der Waals surface area (Å²) in [6.45, 7) is 4.51. The van der Waals surface area contributed by atoms with Crippen LogP contribution in [0.15, 0.2) is 30.3 Å². The summed E-state index contributed by atoms with van der Waals surface area (Å²) in [5.74, 6) is 0.499. The van der Waals surface area contributed by atoms with Crippen molar-refractivity contribution in [2.75, 3.05) is 5.73 Å². The van der Waals surface area contributed by atoms with Gasteiger partial charge in [0.2, 0.25) is 0 Å². The summed E-state index contributed by atoms with van der Waals surface area (Å²) in [5, 5.41) is 8.22. The molecule has 1 aliphatic carbocycles. The van der Waals surface area contributed by atoms with E-state index in [-0.39, 0.29) is 5.41 Å². The van der Waals surface area contributed by atoms with Crippen molar-refractivity contribution in [1.82, 2.24) is 10.2 Å². The standard InChI is InChI=1S/C14H15N3/c1-14(2)8-9-7-12(15)16-17-13(9)10-5-3-4-6-11(10)14/h3-7H,8H2,1-2H3,(H2,15,16). The molecule has 1 aromatic heterocycles. The molecule has 0 radical (unpaired) electrons. The molecule has 3 rings (SSSR count). The van der Waals surface area contributed by atoms with Gasteiger partial charge in [-0.05, 0) is 29.0 Å². The fraction of sp³-hybridized carbons (Fsp3) is 0.286. The van der Waals surface area contributed by atoms with Crippen molar-refractivity contribution in [1.29, 1.82) is 0 Å². The number of aromatic nitrogens is 2. The van der Waals surface area contributed by atoms with E-state index in [1.165, 1.54) is 16.7 Å². The van der Waals surface area contributed by atoms with Crippen molar-refractivity contribution < 1.29 is 0 Å². The highest BCUT2D eigenvalue weighted by Crippen LogP contribution is 2.41. The molecule has 86 valence electrons. The summed E-state index contributed by atoms with van der Waals surface area (Å²) < 4.78 is 0. The molecule has 2 N–H and O–H groups in total. The number of benzene rings is 1. The third-order valence-corrected chi connectivity index (χ3v) is 3.44. The smallest absolute Gasteiger partial charge is 0.146 e. The number of rotatable bonds is 0. The molecule has 0 saturated carbocycles. The van der Waals surface area contributed by atoms with Gasteiger partial charge < -0.3 is 5.73 Å². The number of hydrogen-bond acceptors (Lipinski definition) is 3. The van der Waals surface area contributed by atoms with Crippen LogP contribution in [-0.2, 0) is 11.8 Å². The summed E-state index contributed by atoms with van der Waals surface area (Å²) in [6, 6.07) is 10.4. The van der Waals surface area contributed by atoms with Gasteiger partial charge in [0.15, 0.2) is 0 Å². The number of fused-ring (bicyclic) bond motifs is 3. The molecule has 0 saturated heterocycles. The first-order valence-corrected chi connectivity index (χ1v) is 5.80. The molecular formula is C14H15N3. The van der Waals surface area contributed by atoms with E-state index in [2.05, 4.69) is 42.2 Å². The summed E-state index contributed by atoms with van der Waals surface area (Å²) in [7, 11) is 0. The summed E-state index contributed by atoms with van der Waals surface area (Å²) in [5.41, 5.74) is 10.5. The zero-order valence-electron chi connectivity index (χ0n) is 10.1. The van der Waals surface area contributed by atoms with E-state index in [4.69, 9.17) is 5.73 Å². The molecule has 0 spiro atoms. The average Bonchev–Trinajstić information content (AvgIpc) is 2.28. The van der Waals surface area contributed by atoms with Crippen LogP contribution in [0.5, 0.6) is 0 Å². The molecule has 0 fully saturated rings. The van der Waals surface area contributed by atoms with Gasteiger partial charge in [-0.3, -0.25) is 0 Å². The van der Waals surface area contributed by atoms with E-state index in [0.29, 0.717) is 5.82 Å². The number of anilines is 1. The lowest BCUT2D eigenvalue weighted by molar-refractivity contribution is 0.515. The molecule has 0 aliphatic heterocycles. The predicted molar refractivity (Wildman–Crippen MR) is 68.6 cm³/mol. The van der Waals surface area contributed by atoms with Gasteiger partial charge in [0.25, 0.3) is 0 Å². The van der Waals surface area contributed by atoms with Crippen LogP contribution in [0.3, 0.4) is 0 Å². The van der Waals surface area contributed by atoms with Crippen molar-refractivity contribution in [2.45, 2.75) is 25.7 Å². The Labute approximate surface area is 101 Å². The maximum absolute atomic E-state index is 5.72. The van der Waals surface area contributed by atoms with Crippen molar-refractivity contribution in [3.05, 3.63) is 41.5 Å². The van der Waals surface area contributed by atoms with E-state index >= 15 is 0 Å². The molecule has 17 heavy (non-hydrogen) atoms. The highest BCUT2D eigenvalue weighted by atomic mass is 15.1. The number of nitrogens with zero attached hydrogens (tertiary/aromatic N) is 2. The van der Waals surface area contributed by atoms with Crippen LogP contribution >= 0.6 is 0 Å². The highest BCUT2D eigenvalue weighted by Gasteiger charge is 2.31. The quantitative estimate of drug-likeness (QED) is 0.749. The number of hydrogen-bond donors (Lipinski definition) is 1. The molecule has 0 bridgehead atoms. The minimum atomic E-state index is 0.124. The van der Waals surface area contributed by atoms with Gasteiger partial charge in [-0.2, -0.15) is 0 Å². The first-order chi connectivity index (χ1) is 8.08. The van der Waals surface area contributed by atoms with Gasteiger partial charge in [0.1, 0.15) is 5.82 Å². The molecule has 1 aromatic carbocycles. The normalized spacial score (nSPS) is 16.1. The van der Waals surface area contributed by atoms with Crippen molar-refractivity contribution in [3.8, 4) is 11.3 Å². The van der Waals surface area contributed by atoms with Gasteiger partial charge in [0, 0.05) is 5.56 Å². The first-order valence-electron chi connectivity index (χ1n) is 5.80. The highest BCUT2D eigenvalue weighted by molar-refractivity contribution is 5.72. The Kier molecular flexibility index (Phi) is 1.99. The van der Waals surface area contributed by atoms with Crippen LogP contribution in [0.25, 0.3) is 11.3 Å². The van der Waals surface area contributed by atoms with Crippen LogP contribution in [0.4, 0.5) is 5.82 Å². The predicted octanol–water partition coefficient (Wildman–Crippen LogP) is 2.56. The maximum Gasteiger partial charge on any atom is 0.146 e. The Balaban J connectivity index is 2.31. The number of nitrogens with two attached hydrogens (primary N) is 1. The van der Waals surface area contributed by atoms with Gasteiger partial charge in [-0.1, -0.05) is 38.1 Å². The average molecular weight is 225 g/mol. The third-order valence-electron chi connectivity index (χ3n) is 3.44. The van der Waals surface area contributed by atoms with Crippen LogP contribution in [0, 0.1) is 0 Å². The molecule has 0 amide bonds. The van der Waals surface area contributed by atoms with Gasteiger partial charge in [0.05, 0.1) is 5.69 Å². The molecule has 0 atom stereocenters. The maximum atomic E-state index is 5.72. The topological polar surface area (TPSA) is 51.8 Å². The Bertz CT molecular complexity index is 588. The lowest BCUT2D eigenvalue weighted by Crippen LogP contribution is -2.26. The fourth-order valence-electron chi connectivity index (χ4n) is 2.66. The van der Waals surface area contributed by atoms with Crippen molar-refractivity contribution in [2.24, 2.45) is 0 Å². The Morgan fingerprint density at radius 1 is 1.18 bits per heavy atom. The zero-order valence-corrected chi connectivity index (χ0v) is 10.1. The van der Waals surface area contributed by atoms with E-state index in [0.717, 1.165) is 12.1 Å². The summed E-state index contributed by atoms with van der Waals surface area (Å²) in [4.78, 5) is 0. The molecule has 3 nitrogen and oxygen atoms in total. The molecule has 3 heteroatoms. The first kappa shape index (κ1) is 10.3. The van der Waals surface area contributed by atoms with Crippen molar-refractivity contribution in [3.63, 3.8) is 0 Å².